The van der Waals surface area contributed by atoms with Gasteiger partial charge in [0.15, 0.2) is 0 Å². The Bertz CT molecular complexity index is 589. The van der Waals surface area contributed by atoms with Gasteiger partial charge in [0, 0.05) is 12.1 Å². The standard InChI is InChI=1S/C18H25NO5/c1-4-6-11-19-15(12-9-7-8-10-13(12)23-3)14(16(20)17(19)21)18(22)24-5-2/h7-10,14-16,20H,4-6,11H2,1-3H3/t14-,15-,16?/m1/s1. The quantitative estimate of drug-likeness (QED) is 0.771. The lowest BCUT2D eigenvalue weighted by molar-refractivity contribution is -0.153. The van der Waals surface area contributed by atoms with Crippen molar-refractivity contribution in [2.75, 3.05) is 20.3 Å². The Labute approximate surface area is 142 Å². The van der Waals surface area contributed by atoms with E-state index in [0.717, 1.165) is 12.8 Å². The number of carbonyl (C=O) groups excluding carboxylic acids is 2. The number of hydrogen-bond acceptors (Lipinski definition) is 5. The first kappa shape index (κ1) is 18.3. The van der Waals surface area contributed by atoms with E-state index in [4.69, 9.17) is 9.47 Å². The summed E-state index contributed by atoms with van der Waals surface area (Å²) in [5.74, 6) is -1.36. The summed E-state index contributed by atoms with van der Waals surface area (Å²) in [6, 6.07) is 6.66. The molecule has 0 spiro atoms. The molecule has 1 fully saturated rings. The van der Waals surface area contributed by atoms with E-state index in [1.54, 1.807) is 25.0 Å². The number of amides is 1. The first-order chi connectivity index (χ1) is 11.6. The molecule has 1 unspecified atom stereocenters. The Morgan fingerprint density at radius 1 is 1.29 bits per heavy atom. The Morgan fingerprint density at radius 2 is 2.00 bits per heavy atom. The van der Waals surface area contributed by atoms with Gasteiger partial charge in [0.2, 0.25) is 0 Å². The van der Waals surface area contributed by atoms with E-state index >= 15 is 0 Å². The maximum Gasteiger partial charge on any atom is 0.314 e. The van der Waals surface area contributed by atoms with Crippen molar-refractivity contribution in [2.24, 2.45) is 5.92 Å². The Kier molecular flexibility index (Phi) is 6.20. The number of benzene rings is 1. The second kappa shape index (κ2) is 8.15. The molecule has 1 heterocycles. The van der Waals surface area contributed by atoms with E-state index < -0.39 is 29.9 Å². The number of aliphatic hydroxyl groups excluding tert-OH is 1. The molecule has 1 aromatic carbocycles. The van der Waals surface area contributed by atoms with Gasteiger partial charge in [-0.3, -0.25) is 9.59 Å². The van der Waals surface area contributed by atoms with Crippen LogP contribution in [0.25, 0.3) is 0 Å². The summed E-state index contributed by atoms with van der Waals surface area (Å²) in [6.45, 7) is 4.40. The highest BCUT2D eigenvalue weighted by Crippen LogP contribution is 2.42. The van der Waals surface area contributed by atoms with Gasteiger partial charge in [-0.25, -0.2) is 0 Å². The van der Waals surface area contributed by atoms with Crippen molar-refractivity contribution in [3.05, 3.63) is 29.8 Å². The predicted molar refractivity (Wildman–Crippen MR) is 88.5 cm³/mol. The highest BCUT2D eigenvalue weighted by Gasteiger charge is 2.52. The molecule has 0 bridgehead atoms. The van der Waals surface area contributed by atoms with E-state index in [2.05, 4.69) is 0 Å². The molecular weight excluding hydrogens is 310 g/mol. The van der Waals surface area contributed by atoms with Crippen LogP contribution in [-0.2, 0) is 14.3 Å². The number of ether oxygens (including phenoxy) is 2. The van der Waals surface area contributed by atoms with Crippen LogP contribution in [0.15, 0.2) is 24.3 Å². The van der Waals surface area contributed by atoms with Gasteiger partial charge in [-0.15, -0.1) is 0 Å². The highest BCUT2D eigenvalue weighted by molar-refractivity contribution is 5.92. The van der Waals surface area contributed by atoms with E-state index in [0.29, 0.717) is 17.9 Å². The second-order valence-corrected chi connectivity index (χ2v) is 5.79. The van der Waals surface area contributed by atoms with E-state index in [1.807, 2.05) is 25.1 Å². The number of likely N-dealkylation sites (tertiary alicyclic amines) is 1. The molecule has 1 aromatic rings. The number of esters is 1. The van der Waals surface area contributed by atoms with Gasteiger partial charge in [0.05, 0.1) is 19.8 Å². The van der Waals surface area contributed by atoms with Gasteiger partial charge in [-0.2, -0.15) is 0 Å². The van der Waals surface area contributed by atoms with Gasteiger partial charge >= 0.3 is 5.97 Å². The van der Waals surface area contributed by atoms with Crippen LogP contribution in [-0.4, -0.2) is 48.2 Å². The number of para-hydroxylation sites is 1. The smallest absolute Gasteiger partial charge is 0.314 e. The zero-order chi connectivity index (χ0) is 17.7. The summed E-state index contributed by atoms with van der Waals surface area (Å²) in [7, 11) is 1.54. The molecular formula is C18H25NO5. The largest absolute Gasteiger partial charge is 0.496 e. The number of aliphatic hydroxyl groups is 1. The van der Waals surface area contributed by atoms with E-state index in [1.165, 1.54) is 0 Å². The van der Waals surface area contributed by atoms with Gasteiger partial charge in [-0.05, 0) is 19.4 Å². The van der Waals surface area contributed by atoms with Gasteiger partial charge in [0.1, 0.15) is 17.8 Å². The van der Waals surface area contributed by atoms with Crippen molar-refractivity contribution < 1.29 is 24.2 Å². The lowest BCUT2D eigenvalue weighted by Gasteiger charge is -2.28. The fourth-order valence-corrected chi connectivity index (χ4v) is 3.17. The van der Waals surface area contributed by atoms with Crippen LogP contribution < -0.4 is 4.74 Å². The molecule has 1 aliphatic heterocycles. The summed E-state index contributed by atoms with van der Waals surface area (Å²) in [5.41, 5.74) is 0.707. The molecule has 6 heteroatoms. The summed E-state index contributed by atoms with van der Waals surface area (Å²) >= 11 is 0. The fraction of sp³-hybridized carbons (Fsp3) is 0.556. The average molecular weight is 335 g/mol. The zero-order valence-corrected chi connectivity index (χ0v) is 14.4. The molecule has 1 aliphatic rings. The SMILES string of the molecule is CCCCN1C(=O)C(O)[C@H](C(=O)OCC)[C@H]1c1ccccc1OC. The fourth-order valence-electron chi connectivity index (χ4n) is 3.17. The lowest BCUT2D eigenvalue weighted by atomic mass is 9.91. The number of carbonyl (C=O) groups is 2. The van der Waals surface area contributed by atoms with Crippen molar-refractivity contribution in [1.82, 2.24) is 4.90 Å². The monoisotopic (exact) mass is 335 g/mol. The van der Waals surface area contributed by atoms with E-state index in [-0.39, 0.29) is 6.61 Å². The molecule has 24 heavy (non-hydrogen) atoms. The molecule has 2 rings (SSSR count). The van der Waals surface area contributed by atoms with Crippen LogP contribution in [0.1, 0.15) is 38.3 Å². The lowest BCUT2D eigenvalue weighted by Crippen LogP contribution is -2.32. The minimum Gasteiger partial charge on any atom is -0.496 e. The molecule has 6 nitrogen and oxygen atoms in total. The van der Waals surface area contributed by atoms with Crippen LogP contribution in [0.3, 0.4) is 0 Å². The van der Waals surface area contributed by atoms with Gasteiger partial charge < -0.3 is 19.5 Å². The van der Waals surface area contributed by atoms with Gasteiger partial charge in [0.25, 0.3) is 5.91 Å². The third kappa shape index (κ3) is 3.38. The number of unbranched alkanes of at least 4 members (excludes halogenated alkanes) is 1. The first-order valence-electron chi connectivity index (χ1n) is 8.34. The first-order valence-corrected chi connectivity index (χ1v) is 8.34. The number of nitrogens with zero attached hydrogens (tertiary/aromatic N) is 1. The van der Waals surface area contributed by atoms with E-state index in [9.17, 15) is 14.7 Å². The number of hydrogen-bond donors (Lipinski definition) is 1. The summed E-state index contributed by atoms with van der Waals surface area (Å²) in [4.78, 5) is 26.5. The van der Waals surface area contributed by atoms with Crippen LogP contribution in [0, 0.1) is 5.92 Å². The van der Waals surface area contributed by atoms with Crippen molar-refractivity contribution in [2.45, 2.75) is 38.8 Å². The van der Waals surface area contributed by atoms with Crippen molar-refractivity contribution in [3.8, 4) is 5.75 Å². The molecule has 132 valence electrons. The van der Waals surface area contributed by atoms with Crippen LogP contribution in [0.5, 0.6) is 5.75 Å². The third-order valence-corrected chi connectivity index (χ3v) is 4.32. The Hall–Kier alpha value is -2.08. The number of rotatable bonds is 7. The Balaban J connectivity index is 2.48. The van der Waals surface area contributed by atoms with Crippen LogP contribution in [0.2, 0.25) is 0 Å². The minimum absolute atomic E-state index is 0.198. The summed E-state index contributed by atoms with van der Waals surface area (Å²) in [5, 5.41) is 10.4. The minimum atomic E-state index is -1.39. The molecule has 0 aromatic heterocycles. The van der Waals surface area contributed by atoms with Crippen LogP contribution >= 0.6 is 0 Å². The summed E-state index contributed by atoms with van der Waals surface area (Å²) < 4.78 is 10.5. The molecule has 0 radical (unpaired) electrons. The predicted octanol–water partition coefficient (Wildman–Crippen LogP) is 1.92. The number of methoxy groups -OCH3 is 1. The third-order valence-electron chi connectivity index (χ3n) is 4.32. The maximum atomic E-state index is 12.5. The molecule has 1 saturated heterocycles. The Morgan fingerprint density at radius 3 is 2.62 bits per heavy atom. The molecule has 0 saturated carbocycles. The normalized spacial score (nSPS) is 23.4. The summed E-state index contributed by atoms with van der Waals surface area (Å²) in [6.07, 6.45) is 0.304. The highest BCUT2D eigenvalue weighted by atomic mass is 16.5. The topological polar surface area (TPSA) is 76.1 Å². The zero-order valence-electron chi connectivity index (χ0n) is 14.4. The van der Waals surface area contributed by atoms with Crippen molar-refractivity contribution in [3.63, 3.8) is 0 Å². The molecule has 1 N–H and O–H groups in total. The van der Waals surface area contributed by atoms with Crippen LogP contribution in [0.4, 0.5) is 0 Å². The maximum absolute atomic E-state index is 12.5. The van der Waals surface area contributed by atoms with Gasteiger partial charge in [-0.1, -0.05) is 31.5 Å². The van der Waals surface area contributed by atoms with Crippen molar-refractivity contribution >= 4 is 11.9 Å². The molecule has 3 atom stereocenters. The molecule has 1 amide bonds. The second-order valence-electron chi connectivity index (χ2n) is 5.79. The van der Waals surface area contributed by atoms with Crippen molar-refractivity contribution in [1.29, 1.82) is 0 Å². The molecule has 0 aliphatic carbocycles. The average Bonchev–Trinajstić information content (AvgIpc) is 2.84.